The van der Waals surface area contributed by atoms with Gasteiger partial charge < -0.3 is 10.6 Å². The number of nitrogens with one attached hydrogen (secondary N) is 2. The van der Waals surface area contributed by atoms with Crippen molar-refractivity contribution in [3.8, 4) is 0 Å². The van der Waals surface area contributed by atoms with Crippen molar-refractivity contribution in [3.05, 3.63) is 57.8 Å². The zero-order valence-electron chi connectivity index (χ0n) is 19.1. The van der Waals surface area contributed by atoms with Crippen molar-refractivity contribution in [1.29, 1.82) is 0 Å². The second-order valence-corrected chi connectivity index (χ2v) is 10.2. The Labute approximate surface area is 190 Å². The van der Waals surface area contributed by atoms with E-state index >= 15 is 0 Å². The fourth-order valence-corrected chi connectivity index (χ4v) is 5.12. The number of carbonyl (C=O) groups excluding carboxylic acids is 2. The molecule has 0 aliphatic carbocycles. The molecule has 5 nitrogen and oxygen atoms in total. The molecule has 1 aromatic carbocycles. The molecule has 3 rings (SSSR count). The number of amides is 2. The monoisotopic (exact) mass is 441 g/mol. The molecular weight excluding hydrogens is 406 g/mol. The number of thiophene rings is 1. The summed E-state index contributed by atoms with van der Waals surface area (Å²) in [5.41, 5.74) is 2.39. The van der Waals surface area contributed by atoms with Crippen LogP contribution in [0.1, 0.15) is 54.9 Å². The number of hydrogen-bond donors (Lipinski definition) is 2. The van der Waals surface area contributed by atoms with Gasteiger partial charge in [0, 0.05) is 26.2 Å². The van der Waals surface area contributed by atoms with Gasteiger partial charge in [0.25, 0.3) is 5.91 Å². The highest BCUT2D eigenvalue weighted by atomic mass is 32.1. The summed E-state index contributed by atoms with van der Waals surface area (Å²) in [6.07, 6.45) is 1.29. The van der Waals surface area contributed by atoms with Crippen LogP contribution in [0.2, 0.25) is 0 Å². The van der Waals surface area contributed by atoms with Gasteiger partial charge in [-0.15, -0.1) is 11.3 Å². The summed E-state index contributed by atoms with van der Waals surface area (Å²) < 4.78 is 0. The Hall–Kier alpha value is -2.18. The maximum Gasteiger partial charge on any atom is 0.262 e. The van der Waals surface area contributed by atoms with Gasteiger partial charge in [-0.1, -0.05) is 58.0 Å². The van der Waals surface area contributed by atoms with E-state index < -0.39 is 6.04 Å². The van der Waals surface area contributed by atoms with E-state index in [9.17, 15) is 9.59 Å². The lowest BCUT2D eigenvalue weighted by Gasteiger charge is -2.35. The molecule has 0 radical (unpaired) electrons. The smallest absolute Gasteiger partial charge is 0.262 e. The Morgan fingerprint density at radius 2 is 1.74 bits per heavy atom. The molecule has 0 spiro atoms. The fraction of sp³-hybridized carbons (Fsp3) is 0.520. The SMILES string of the molecule is CC1CC(C)CN(Cc2ccccc2CNC(=O)C(NC(=O)c2cccs2)C(C)C)C1. The molecule has 1 fully saturated rings. The van der Waals surface area contributed by atoms with Gasteiger partial charge in [0.15, 0.2) is 0 Å². The number of hydrogen-bond acceptors (Lipinski definition) is 4. The van der Waals surface area contributed by atoms with Crippen LogP contribution in [-0.4, -0.2) is 35.8 Å². The van der Waals surface area contributed by atoms with E-state index in [-0.39, 0.29) is 17.7 Å². The van der Waals surface area contributed by atoms with Crippen molar-refractivity contribution in [1.82, 2.24) is 15.5 Å². The van der Waals surface area contributed by atoms with Gasteiger partial charge in [-0.05, 0) is 46.7 Å². The molecule has 168 valence electrons. The molecule has 2 aromatic rings. The predicted octanol–water partition coefficient (Wildman–Crippen LogP) is 4.30. The maximum absolute atomic E-state index is 12.9. The number of carbonyl (C=O) groups is 2. The number of benzene rings is 1. The molecule has 2 N–H and O–H groups in total. The first kappa shape index (κ1) is 23.5. The summed E-state index contributed by atoms with van der Waals surface area (Å²) in [7, 11) is 0. The standard InChI is InChI=1S/C25H35N3O2S/c1-17(2)23(27-24(29)22-10-7-11-31-22)25(30)26-13-20-8-5-6-9-21(20)16-28-14-18(3)12-19(4)15-28/h5-11,17-19,23H,12-16H2,1-4H3,(H,26,30)(H,27,29). The van der Waals surface area contributed by atoms with Gasteiger partial charge in [-0.25, -0.2) is 0 Å². The van der Waals surface area contributed by atoms with E-state index in [0.717, 1.165) is 37.0 Å². The molecule has 0 bridgehead atoms. The molecule has 6 heteroatoms. The molecular formula is C25H35N3O2S. The van der Waals surface area contributed by atoms with Crippen LogP contribution >= 0.6 is 11.3 Å². The summed E-state index contributed by atoms with van der Waals surface area (Å²) in [5.74, 6) is 1.09. The van der Waals surface area contributed by atoms with Crippen LogP contribution in [-0.2, 0) is 17.9 Å². The van der Waals surface area contributed by atoms with Gasteiger partial charge in [-0.2, -0.15) is 0 Å². The van der Waals surface area contributed by atoms with E-state index in [1.165, 1.54) is 23.3 Å². The summed E-state index contributed by atoms with van der Waals surface area (Å²) in [6.45, 7) is 12.2. The highest BCUT2D eigenvalue weighted by Crippen LogP contribution is 2.23. The van der Waals surface area contributed by atoms with E-state index in [2.05, 4.69) is 47.6 Å². The van der Waals surface area contributed by atoms with Gasteiger partial charge >= 0.3 is 0 Å². The summed E-state index contributed by atoms with van der Waals surface area (Å²) >= 11 is 1.38. The van der Waals surface area contributed by atoms with Crippen molar-refractivity contribution < 1.29 is 9.59 Å². The van der Waals surface area contributed by atoms with Crippen LogP contribution in [0, 0.1) is 17.8 Å². The first-order valence-electron chi connectivity index (χ1n) is 11.2. The molecule has 1 saturated heterocycles. The van der Waals surface area contributed by atoms with Crippen LogP contribution in [0.25, 0.3) is 0 Å². The minimum atomic E-state index is -0.564. The lowest BCUT2D eigenvalue weighted by Crippen LogP contribution is -2.49. The van der Waals surface area contributed by atoms with Crippen molar-refractivity contribution in [2.75, 3.05) is 13.1 Å². The third-order valence-corrected chi connectivity index (χ3v) is 6.76. The molecule has 1 aromatic heterocycles. The fourth-order valence-electron chi connectivity index (χ4n) is 4.49. The van der Waals surface area contributed by atoms with Gasteiger partial charge in [0.1, 0.15) is 6.04 Å². The Morgan fingerprint density at radius 1 is 1.06 bits per heavy atom. The van der Waals surface area contributed by atoms with Crippen LogP contribution in [0.5, 0.6) is 0 Å². The number of nitrogens with zero attached hydrogens (tertiary/aromatic N) is 1. The topological polar surface area (TPSA) is 61.4 Å². The summed E-state index contributed by atoms with van der Waals surface area (Å²) in [4.78, 5) is 28.5. The Bertz CT molecular complexity index is 855. The van der Waals surface area contributed by atoms with E-state index in [0.29, 0.717) is 11.4 Å². The molecule has 3 atom stereocenters. The molecule has 0 saturated carbocycles. The Balaban J connectivity index is 1.61. The number of piperidine rings is 1. The molecule has 1 aliphatic heterocycles. The third-order valence-electron chi connectivity index (χ3n) is 5.89. The van der Waals surface area contributed by atoms with Gasteiger partial charge in [-0.3, -0.25) is 14.5 Å². The van der Waals surface area contributed by atoms with Crippen molar-refractivity contribution in [3.63, 3.8) is 0 Å². The van der Waals surface area contributed by atoms with E-state index in [1.807, 2.05) is 31.4 Å². The average Bonchev–Trinajstić information content (AvgIpc) is 3.25. The molecule has 1 aliphatic rings. The predicted molar refractivity (Wildman–Crippen MR) is 127 cm³/mol. The van der Waals surface area contributed by atoms with E-state index in [1.54, 1.807) is 6.07 Å². The van der Waals surface area contributed by atoms with Crippen molar-refractivity contribution in [2.24, 2.45) is 17.8 Å². The van der Waals surface area contributed by atoms with Crippen LogP contribution in [0.15, 0.2) is 41.8 Å². The maximum atomic E-state index is 12.9. The average molecular weight is 442 g/mol. The van der Waals surface area contributed by atoms with Gasteiger partial charge in [0.2, 0.25) is 5.91 Å². The summed E-state index contributed by atoms with van der Waals surface area (Å²) in [5, 5.41) is 7.81. The highest BCUT2D eigenvalue weighted by molar-refractivity contribution is 7.12. The van der Waals surface area contributed by atoms with Crippen LogP contribution in [0.4, 0.5) is 0 Å². The molecule has 2 amide bonds. The third kappa shape index (κ3) is 6.65. The first-order valence-corrected chi connectivity index (χ1v) is 12.1. The minimum absolute atomic E-state index is 0.00418. The van der Waals surface area contributed by atoms with Crippen LogP contribution in [0.3, 0.4) is 0 Å². The van der Waals surface area contributed by atoms with Crippen molar-refractivity contribution >= 4 is 23.2 Å². The highest BCUT2D eigenvalue weighted by Gasteiger charge is 2.25. The molecule has 31 heavy (non-hydrogen) atoms. The quantitative estimate of drug-likeness (QED) is 0.642. The second-order valence-electron chi connectivity index (χ2n) is 9.30. The summed E-state index contributed by atoms with van der Waals surface area (Å²) in [6, 6.07) is 11.4. The lowest BCUT2D eigenvalue weighted by molar-refractivity contribution is -0.124. The zero-order valence-corrected chi connectivity index (χ0v) is 19.9. The molecule has 3 unspecified atom stereocenters. The minimum Gasteiger partial charge on any atom is -0.350 e. The van der Waals surface area contributed by atoms with Gasteiger partial charge in [0.05, 0.1) is 4.88 Å². The van der Waals surface area contributed by atoms with E-state index in [4.69, 9.17) is 0 Å². The largest absolute Gasteiger partial charge is 0.350 e. The van der Waals surface area contributed by atoms with Crippen LogP contribution < -0.4 is 10.6 Å². The first-order chi connectivity index (χ1) is 14.8. The number of likely N-dealkylation sites (tertiary alicyclic amines) is 1. The Morgan fingerprint density at radius 3 is 2.35 bits per heavy atom. The molecule has 2 heterocycles. The lowest BCUT2D eigenvalue weighted by atomic mass is 9.91. The second kappa shape index (κ2) is 10.9. The Kier molecular flexibility index (Phi) is 8.27. The van der Waals surface area contributed by atoms with Crippen molar-refractivity contribution in [2.45, 2.75) is 53.2 Å². The normalized spacial score (nSPS) is 20.4. The zero-order chi connectivity index (χ0) is 22.4. The number of rotatable bonds is 8.